The summed E-state index contributed by atoms with van der Waals surface area (Å²) >= 11 is 0. The van der Waals surface area contributed by atoms with Gasteiger partial charge in [0.05, 0.1) is 6.04 Å². The Morgan fingerprint density at radius 2 is 2.00 bits per heavy atom. The number of rotatable bonds is 4. The molecule has 0 aliphatic carbocycles. The SMILES string of the molecule is C[C@H](C(=O)NCC(F)(F)F)N1CCC(N2CCNC2=O)CC1. The minimum Gasteiger partial charge on any atom is -0.346 e. The number of carbonyl (C=O) groups excluding carboxylic acids is 2. The first kappa shape index (κ1) is 16.9. The third-order valence-electron chi connectivity index (χ3n) is 4.22. The Morgan fingerprint density at radius 3 is 2.50 bits per heavy atom. The number of nitrogens with one attached hydrogen (secondary N) is 2. The quantitative estimate of drug-likeness (QED) is 0.794. The second-order valence-corrected chi connectivity index (χ2v) is 5.70. The lowest BCUT2D eigenvalue weighted by atomic mass is 10.0. The van der Waals surface area contributed by atoms with Crippen molar-refractivity contribution in [1.29, 1.82) is 0 Å². The van der Waals surface area contributed by atoms with Crippen LogP contribution in [0, 0.1) is 0 Å². The van der Waals surface area contributed by atoms with Crippen LogP contribution in [0.2, 0.25) is 0 Å². The number of carbonyl (C=O) groups is 2. The van der Waals surface area contributed by atoms with Crippen molar-refractivity contribution in [2.24, 2.45) is 0 Å². The lowest BCUT2D eigenvalue weighted by molar-refractivity contribution is -0.141. The van der Waals surface area contributed by atoms with Crippen LogP contribution in [-0.2, 0) is 4.79 Å². The molecular weight excluding hydrogens is 301 g/mol. The van der Waals surface area contributed by atoms with Crippen LogP contribution in [-0.4, -0.2) is 72.7 Å². The van der Waals surface area contributed by atoms with Gasteiger partial charge in [-0.1, -0.05) is 0 Å². The van der Waals surface area contributed by atoms with E-state index in [4.69, 9.17) is 0 Å². The van der Waals surface area contributed by atoms with E-state index in [2.05, 4.69) is 5.32 Å². The molecule has 0 aromatic rings. The van der Waals surface area contributed by atoms with Gasteiger partial charge >= 0.3 is 12.2 Å². The number of nitrogens with zero attached hydrogens (tertiary/aromatic N) is 2. The van der Waals surface area contributed by atoms with Gasteiger partial charge in [-0.05, 0) is 19.8 Å². The molecule has 6 nitrogen and oxygen atoms in total. The van der Waals surface area contributed by atoms with Crippen LogP contribution in [0.25, 0.3) is 0 Å². The van der Waals surface area contributed by atoms with Crippen molar-refractivity contribution in [2.75, 3.05) is 32.7 Å². The molecule has 2 heterocycles. The average molecular weight is 322 g/mol. The second-order valence-electron chi connectivity index (χ2n) is 5.70. The Bertz CT molecular complexity index is 422. The van der Waals surface area contributed by atoms with Crippen LogP contribution >= 0.6 is 0 Å². The Balaban J connectivity index is 1.78. The molecule has 126 valence electrons. The van der Waals surface area contributed by atoms with E-state index in [1.165, 1.54) is 0 Å². The zero-order valence-corrected chi connectivity index (χ0v) is 12.4. The molecule has 0 spiro atoms. The molecule has 1 atom stereocenters. The van der Waals surface area contributed by atoms with Crippen LogP contribution in [0.1, 0.15) is 19.8 Å². The third-order valence-corrected chi connectivity index (χ3v) is 4.22. The van der Waals surface area contributed by atoms with E-state index >= 15 is 0 Å². The summed E-state index contributed by atoms with van der Waals surface area (Å²) < 4.78 is 36.3. The maximum Gasteiger partial charge on any atom is 0.405 e. The lowest BCUT2D eigenvalue weighted by Crippen LogP contribution is -2.53. The van der Waals surface area contributed by atoms with Crippen molar-refractivity contribution in [3.63, 3.8) is 0 Å². The normalized spacial score (nSPS) is 22.5. The van der Waals surface area contributed by atoms with Gasteiger partial charge in [-0.15, -0.1) is 0 Å². The third kappa shape index (κ3) is 4.25. The van der Waals surface area contributed by atoms with E-state index in [1.807, 2.05) is 10.2 Å². The highest BCUT2D eigenvalue weighted by molar-refractivity contribution is 5.81. The molecule has 2 fully saturated rings. The first-order valence-electron chi connectivity index (χ1n) is 7.41. The van der Waals surface area contributed by atoms with Gasteiger partial charge in [0.2, 0.25) is 5.91 Å². The van der Waals surface area contributed by atoms with E-state index in [9.17, 15) is 22.8 Å². The minimum atomic E-state index is -4.40. The Hall–Kier alpha value is -1.51. The van der Waals surface area contributed by atoms with Crippen molar-refractivity contribution in [3.05, 3.63) is 0 Å². The summed E-state index contributed by atoms with van der Waals surface area (Å²) in [5.41, 5.74) is 0. The molecule has 22 heavy (non-hydrogen) atoms. The van der Waals surface area contributed by atoms with Gasteiger partial charge in [-0.3, -0.25) is 9.69 Å². The first-order valence-corrected chi connectivity index (χ1v) is 7.41. The molecule has 0 aromatic heterocycles. The van der Waals surface area contributed by atoms with Crippen molar-refractivity contribution < 1.29 is 22.8 Å². The van der Waals surface area contributed by atoms with E-state index in [-0.39, 0.29) is 12.1 Å². The van der Waals surface area contributed by atoms with Crippen LogP contribution in [0.15, 0.2) is 0 Å². The number of halogens is 3. The number of piperidine rings is 1. The largest absolute Gasteiger partial charge is 0.405 e. The molecular formula is C13H21F3N4O2. The summed E-state index contributed by atoms with van der Waals surface area (Å²) in [4.78, 5) is 27.0. The van der Waals surface area contributed by atoms with Gasteiger partial charge in [-0.2, -0.15) is 13.2 Å². The minimum absolute atomic E-state index is 0.0607. The van der Waals surface area contributed by atoms with Gasteiger partial charge in [0.15, 0.2) is 0 Å². The average Bonchev–Trinajstić information content (AvgIpc) is 2.89. The van der Waals surface area contributed by atoms with Crippen molar-refractivity contribution in [2.45, 2.75) is 38.0 Å². The predicted molar refractivity (Wildman–Crippen MR) is 73.2 cm³/mol. The van der Waals surface area contributed by atoms with E-state index in [0.717, 1.165) is 12.8 Å². The number of likely N-dealkylation sites (tertiary alicyclic amines) is 1. The monoisotopic (exact) mass is 322 g/mol. The van der Waals surface area contributed by atoms with Gasteiger partial charge in [-0.25, -0.2) is 4.79 Å². The van der Waals surface area contributed by atoms with Gasteiger partial charge in [0.1, 0.15) is 6.54 Å². The number of hydrogen-bond acceptors (Lipinski definition) is 3. The number of urea groups is 1. The van der Waals surface area contributed by atoms with Crippen LogP contribution in [0.5, 0.6) is 0 Å². The number of amides is 3. The molecule has 2 aliphatic heterocycles. The summed E-state index contributed by atoms with van der Waals surface area (Å²) in [6, 6.07) is -0.519. The van der Waals surface area contributed by atoms with E-state index in [0.29, 0.717) is 26.2 Å². The molecule has 0 bridgehead atoms. The molecule has 0 radical (unpaired) electrons. The summed E-state index contributed by atoms with van der Waals surface area (Å²) in [6.45, 7) is 2.82. The lowest BCUT2D eigenvalue weighted by Gasteiger charge is -2.38. The van der Waals surface area contributed by atoms with Gasteiger partial charge in [0, 0.05) is 32.2 Å². The van der Waals surface area contributed by atoms with Crippen molar-refractivity contribution in [3.8, 4) is 0 Å². The van der Waals surface area contributed by atoms with E-state index < -0.39 is 24.7 Å². The molecule has 2 N–H and O–H groups in total. The topological polar surface area (TPSA) is 64.7 Å². The Labute approximate surface area is 127 Å². The molecule has 0 saturated carbocycles. The zero-order valence-electron chi connectivity index (χ0n) is 12.4. The maximum absolute atomic E-state index is 12.1. The fourth-order valence-corrected chi connectivity index (χ4v) is 2.92. The van der Waals surface area contributed by atoms with Gasteiger partial charge < -0.3 is 15.5 Å². The molecule has 2 aliphatic rings. The smallest absolute Gasteiger partial charge is 0.346 e. The standard InChI is InChI=1S/C13H21F3N4O2/c1-9(11(21)18-8-13(14,15)16)19-5-2-10(3-6-19)20-7-4-17-12(20)22/h9-10H,2-8H2,1H3,(H,17,22)(H,18,21)/t9-/m1/s1. The van der Waals surface area contributed by atoms with E-state index in [1.54, 1.807) is 11.8 Å². The molecule has 0 unspecified atom stereocenters. The van der Waals surface area contributed by atoms with Crippen molar-refractivity contribution in [1.82, 2.24) is 20.4 Å². The van der Waals surface area contributed by atoms with Crippen LogP contribution < -0.4 is 10.6 Å². The van der Waals surface area contributed by atoms with Gasteiger partial charge in [0.25, 0.3) is 0 Å². The van der Waals surface area contributed by atoms with Crippen LogP contribution in [0.4, 0.5) is 18.0 Å². The summed E-state index contributed by atoms with van der Waals surface area (Å²) in [7, 11) is 0. The summed E-state index contributed by atoms with van der Waals surface area (Å²) in [5.74, 6) is -0.616. The Morgan fingerprint density at radius 1 is 1.36 bits per heavy atom. The number of alkyl halides is 3. The molecule has 0 aromatic carbocycles. The number of hydrogen-bond donors (Lipinski definition) is 2. The first-order chi connectivity index (χ1) is 10.3. The molecule has 9 heteroatoms. The maximum atomic E-state index is 12.1. The molecule has 3 amide bonds. The summed E-state index contributed by atoms with van der Waals surface area (Å²) in [6.07, 6.45) is -2.94. The second kappa shape index (κ2) is 6.72. The fourth-order valence-electron chi connectivity index (χ4n) is 2.92. The highest BCUT2D eigenvalue weighted by Gasteiger charge is 2.34. The zero-order chi connectivity index (χ0) is 16.3. The Kier molecular flexibility index (Phi) is 5.15. The molecule has 2 saturated heterocycles. The molecule has 2 rings (SSSR count). The van der Waals surface area contributed by atoms with Crippen molar-refractivity contribution >= 4 is 11.9 Å². The summed E-state index contributed by atoms with van der Waals surface area (Å²) in [5, 5.41) is 4.67. The van der Waals surface area contributed by atoms with Crippen LogP contribution in [0.3, 0.4) is 0 Å². The fraction of sp³-hybridized carbons (Fsp3) is 0.846. The highest BCUT2D eigenvalue weighted by Crippen LogP contribution is 2.20. The highest BCUT2D eigenvalue weighted by atomic mass is 19.4. The predicted octanol–water partition coefficient (Wildman–Crippen LogP) is 0.543.